The maximum Gasteiger partial charge on any atom is 0.407 e. The standard InChI is InChI=1S/C42H50N8O6/c1-25(2)35(47-41(53)55-5)39(51)49-21-7-9-33(49)37-43-23-31(45-37)29-17-13-27(14-18-29)11-12-28-15-19-30(20-16-28)32-24-44-38(46-32)34-10-8-22-50(34)40(52)36(26(3)4)48-42(54)56-6/h13-20,23-26,33-36H,7-10,21-22H2,1-6H3,(H,43,45)(H,44,46)(H,47,53)(H,48,54)/t33-,34+,35-,36-/m0/s1. The number of aromatic nitrogens is 4. The van der Waals surface area contributed by atoms with Crippen LogP contribution in [0, 0.1) is 23.7 Å². The van der Waals surface area contributed by atoms with Gasteiger partial charge in [0.1, 0.15) is 23.7 Å². The van der Waals surface area contributed by atoms with E-state index < -0.39 is 24.3 Å². The Kier molecular flexibility index (Phi) is 12.4. The minimum Gasteiger partial charge on any atom is -0.453 e. The summed E-state index contributed by atoms with van der Waals surface area (Å²) in [5.74, 6) is 7.41. The zero-order valence-corrected chi connectivity index (χ0v) is 32.7. The van der Waals surface area contributed by atoms with Crippen LogP contribution in [-0.2, 0) is 19.1 Å². The van der Waals surface area contributed by atoms with Crippen molar-refractivity contribution < 1.29 is 28.7 Å². The molecule has 2 aliphatic rings. The van der Waals surface area contributed by atoms with E-state index in [0.717, 1.165) is 59.3 Å². The SMILES string of the molecule is COC(=O)N[C@H](C(=O)N1CCC[C@@H]1c1ncc(-c2ccc(C#Cc3ccc(-c4cnc([C@@H]5CCCN5C(=O)[C@@H](NC(=O)OC)C(C)C)[nH]4)cc3)cc2)[nH]1)C(C)C. The Bertz CT molecular complexity index is 1930. The van der Waals surface area contributed by atoms with Gasteiger partial charge in [0.15, 0.2) is 0 Å². The number of carbonyl (C=O) groups is 4. The lowest BCUT2D eigenvalue weighted by molar-refractivity contribution is -0.136. The molecule has 294 valence electrons. The van der Waals surface area contributed by atoms with Gasteiger partial charge < -0.3 is 39.9 Å². The summed E-state index contributed by atoms with van der Waals surface area (Å²) in [5, 5.41) is 5.37. The minimum absolute atomic E-state index is 0.106. The van der Waals surface area contributed by atoms with Gasteiger partial charge in [-0.25, -0.2) is 19.6 Å². The smallest absolute Gasteiger partial charge is 0.407 e. The molecule has 56 heavy (non-hydrogen) atoms. The van der Waals surface area contributed by atoms with Crippen LogP contribution >= 0.6 is 0 Å². The molecule has 0 aliphatic carbocycles. The van der Waals surface area contributed by atoms with Crippen LogP contribution in [0.3, 0.4) is 0 Å². The van der Waals surface area contributed by atoms with E-state index in [2.05, 4.69) is 42.4 Å². The first-order chi connectivity index (χ1) is 27.0. The van der Waals surface area contributed by atoms with Gasteiger partial charge in [-0.1, -0.05) is 63.8 Å². The number of imidazole rings is 2. The van der Waals surface area contributed by atoms with Gasteiger partial charge in [0.25, 0.3) is 0 Å². The molecule has 0 radical (unpaired) electrons. The predicted molar refractivity (Wildman–Crippen MR) is 210 cm³/mol. The van der Waals surface area contributed by atoms with Gasteiger partial charge in [-0.15, -0.1) is 0 Å². The van der Waals surface area contributed by atoms with Crippen LogP contribution in [0.4, 0.5) is 9.59 Å². The second kappa shape index (κ2) is 17.6. The summed E-state index contributed by atoms with van der Waals surface area (Å²) in [4.78, 5) is 70.5. The Morgan fingerprint density at radius 2 is 1.04 bits per heavy atom. The van der Waals surface area contributed by atoms with Gasteiger partial charge in [0.2, 0.25) is 11.8 Å². The van der Waals surface area contributed by atoms with E-state index in [1.165, 1.54) is 14.2 Å². The Morgan fingerprint density at radius 1 is 0.661 bits per heavy atom. The number of ether oxygens (including phenoxy) is 2. The molecule has 4 aromatic rings. The number of aromatic amines is 2. The molecule has 4 amide bonds. The topological polar surface area (TPSA) is 175 Å². The van der Waals surface area contributed by atoms with Crippen LogP contribution < -0.4 is 10.6 Å². The fraction of sp³-hybridized carbons (Fsp3) is 0.429. The number of nitrogens with zero attached hydrogens (tertiary/aromatic N) is 4. The summed E-state index contributed by atoms with van der Waals surface area (Å²) in [7, 11) is 2.57. The van der Waals surface area contributed by atoms with Crippen molar-refractivity contribution in [1.82, 2.24) is 40.4 Å². The average Bonchev–Trinajstić information content (AvgIpc) is 4.04. The first-order valence-electron chi connectivity index (χ1n) is 19.1. The van der Waals surface area contributed by atoms with Crippen molar-refractivity contribution in [2.24, 2.45) is 11.8 Å². The van der Waals surface area contributed by atoms with Gasteiger partial charge in [0, 0.05) is 24.2 Å². The fourth-order valence-corrected chi connectivity index (χ4v) is 7.30. The third-order valence-electron chi connectivity index (χ3n) is 10.4. The molecule has 2 aromatic heterocycles. The zero-order valence-electron chi connectivity index (χ0n) is 32.7. The van der Waals surface area contributed by atoms with Crippen molar-refractivity contribution >= 4 is 24.0 Å². The summed E-state index contributed by atoms with van der Waals surface area (Å²) in [6, 6.07) is 14.0. The van der Waals surface area contributed by atoms with E-state index in [-0.39, 0.29) is 35.7 Å². The number of hydrogen-bond donors (Lipinski definition) is 4. The first kappa shape index (κ1) is 39.6. The first-order valence-corrected chi connectivity index (χ1v) is 19.1. The van der Waals surface area contributed by atoms with Crippen LogP contribution in [0.15, 0.2) is 60.9 Å². The minimum atomic E-state index is -0.690. The van der Waals surface area contributed by atoms with Gasteiger partial charge in [-0.05, 0) is 72.9 Å². The molecule has 4 N–H and O–H groups in total. The second-order valence-corrected chi connectivity index (χ2v) is 14.9. The summed E-state index contributed by atoms with van der Waals surface area (Å²) < 4.78 is 9.49. The van der Waals surface area contributed by atoms with Crippen LogP contribution in [0.25, 0.3) is 22.5 Å². The van der Waals surface area contributed by atoms with Crippen LogP contribution in [0.2, 0.25) is 0 Å². The van der Waals surface area contributed by atoms with Crippen molar-refractivity contribution in [2.45, 2.75) is 77.5 Å². The Labute approximate surface area is 327 Å². The molecule has 0 unspecified atom stereocenters. The lowest BCUT2D eigenvalue weighted by Crippen LogP contribution is -2.51. The van der Waals surface area contributed by atoms with Crippen molar-refractivity contribution in [2.75, 3.05) is 27.3 Å². The molecule has 2 saturated heterocycles. The normalized spacial score (nSPS) is 17.6. The number of carbonyl (C=O) groups excluding carboxylic acids is 4. The summed E-state index contributed by atoms with van der Waals surface area (Å²) >= 11 is 0. The lowest BCUT2D eigenvalue weighted by Gasteiger charge is -2.30. The van der Waals surface area contributed by atoms with E-state index in [1.807, 2.05) is 76.2 Å². The molecule has 6 rings (SSSR count). The molecule has 0 spiro atoms. The van der Waals surface area contributed by atoms with Gasteiger partial charge in [-0.3, -0.25) is 9.59 Å². The molecule has 4 heterocycles. The zero-order chi connectivity index (χ0) is 39.9. The largest absolute Gasteiger partial charge is 0.453 e. The molecule has 14 heteroatoms. The number of likely N-dealkylation sites (tertiary alicyclic amines) is 2. The third-order valence-corrected chi connectivity index (χ3v) is 10.4. The molecule has 2 fully saturated rings. The van der Waals surface area contributed by atoms with E-state index in [9.17, 15) is 19.2 Å². The van der Waals surface area contributed by atoms with Gasteiger partial charge >= 0.3 is 12.2 Å². The average molecular weight is 763 g/mol. The maximum atomic E-state index is 13.5. The third kappa shape index (κ3) is 8.88. The molecule has 0 bridgehead atoms. The predicted octanol–water partition coefficient (Wildman–Crippen LogP) is 5.95. The van der Waals surface area contributed by atoms with E-state index in [4.69, 9.17) is 9.47 Å². The second-order valence-electron chi connectivity index (χ2n) is 14.9. The van der Waals surface area contributed by atoms with Gasteiger partial charge in [-0.2, -0.15) is 0 Å². The number of benzene rings is 2. The molecule has 4 atom stereocenters. The highest BCUT2D eigenvalue weighted by atomic mass is 16.5. The molecule has 14 nitrogen and oxygen atoms in total. The molecular formula is C42H50N8O6. The fourth-order valence-electron chi connectivity index (χ4n) is 7.30. The highest BCUT2D eigenvalue weighted by Crippen LogP contribution is 2.34. The lowest BCUT2D eigenvalue weighted by atomic mass is 10.0. The van der Waals surface area contributed by atoms with E-state index >= 15 is 0 Å². The number of rotatable bonds is 10. The number of alkyl carbamates (subject to hydrolysis) is 2. The highest BCUT2D eigenvalue weighted by Gasteiger charge is 2.39. The van der Waals surface area contributed by atoms with E-state index in [1.54, 1.807) is 22.2 Å². The van der Waals surface area contributed by atoms with Crippen molar-refractivity contribution in [1.29, 1.82) is 0 Å². The quantitative estimate of drug-likeness (QED) is 0.143. The summed E-state index contributed by atoms with van der Waals surface area (Å²) in [5.41, 5.74) is 5.29. The van der Waals surface area contributed by atoms with Crippen LogP contribution in [0.1, 0.15) is 88.2 Å². The van der Waals surface area contributed by atoms with E-state index in [0.29, 0.717) is 24.7 Å². The summed E-state index contributed by atoms with van der Waals surface area (Å²) in [6.07, 6.45) is 5.55. The van der Waals surface area contributed by atoms with Crippen molar-refractivity contribution in [3.8, 4) is 34.4 Å². The summed E-state index contributed by atoms with van der Waals surface area (Å²) in [6.45, 7) is 8.76. The number of hydrogen-bond acceptors (Lipinski definition) is 8. The molecule has 0 saturated carbocycles. The number of H-pyrrole nitrogens is 2. The monoisotopic (exact) mass is 762 g/mol. The Hall–Kier alpha value is -6.10. The number of nitrogens with one attached hydrogen (secondary N) is 4. The van der Waals surface area contributed by atoms with Crippen LogP contribution in [-0.4, -0.2) is 93.1 Å². The van der Waals surface area contributed by atoms with Crippen molar-refractivity contribution in [3.05, 3.63) is 83.7 Å². The number of amides is 4. The van der Waals surface area contributed by atoms with Gasteiger partial charge in [0.05, 0.1) is 50.1 Å². The maximum absolute atomic E-state index is 13.5. The number of methoxy groups -OCH3 is 2. The molecular weight excluding hydrogens is 713 g/mol. The molecule has 2 aliphatic heterocycles. The highest BCUT2D eigenvalue weighted by molar-refractivity contribution is 5.87. The Morgan fingerprint density at radius 3 is 1.38 bits per heavy atom. The molecule has 2 aromatic carbocycles. The Balaban J connectivity index is 1.08. The van der Waals surface area contributed by atoms with Crippen LogP contribution in [0.5, 0.6) is 0 Å². The van der Waals surface area contributed by atoms with Crippen molar-refractivity contribution in [3.63, 3.8) is 0 Å².